The van der Waals surface area contributed by atoms with Gasteiger partial charge in [-0.1, -0.05) is 24.3 Å². The van der Waals surface area contributed by atoms with Crippen molar-refractivity contribution in [1.82, 2.24) is 30.9 Å². The van der Waals surface area contributed by atoms with E-state index in [1.807, 2.05) is 51.1 Å². The number of amides is 3. The van der Waals surface area contributed by atoms with E-state index in [1.54, 1.807) is 30.5 Å². The van der Waals surface area contributed by atoms with E-state index >= 15 is 0 Å². The number of alkyl carbamates (subject to hydrolysis) is 1. The summed E-state index contributed by atoms with van der Waals surface area (Å²) in [6.45, 7) is 8.85. The van der Waals surface area contributed by atoms with Gasteiger partial charge in [0, 0.05) is 37.3 Å². The van der Waals surface area contributed by atoms with Gasteiger partial charge in [0.2, 0.25) is 11.7 Å². The van der Waals surface area contributed by atoms with Crippen LogP contribution in [-0.2, 0) is 25.5 Å². The van der Waals surface area contributed by atoms with E-state index < -0.39 is 23.6 Å². The Labute approximate surface area is 303 Å². The first-order chi connectivity index (χ1) is 25.0. The van der Waals surface area contributed by atoms with Gasteiger partial charge in [0.05, 0.1) is 24.9 Å². The Morgan fingerprint density at radius 3 is 2.42 bits per heavy atom. The number of rotatable bonds is 10. The molecule has 2 fully saturated rings. The zero-order chi connectivity index (χ0) is 36.7. The summed E-state index contributed by atoms with van der Waals surface area (Å²) in [6, 6.07) is 17.9. The molecule has 52 heavy (non-hydrogen) atoms. The SMILES string of the molecule is CC(C)(C)OC(=O)NC[C@H]1CC[C@H](C(=O)N(C(=O)[C@@H](N)Cc2cccc(-c3ccnc(N4CCOCC4)c3)c2)c2ccc(-c3nn[nH]n3)cc2)CC1. The standard InChI is InChI=1S/C38H47N9O5/c1-38(2,3)52-37(50)41-24-25-7-9-28(10-8-25)35(48)47(31-13-11-27(12-14-31)34-42-44-45-43-34)36(49)32(39)22-26-5-4-6-29(21-26)30-15-16-40-33(23-30)46-17-19-51-20-18-46/h4-6,11-16,21,23,25,28,32H,7-10,17-20,22,24,39H2,1-3H3,(H,41,50)(H,42,43,44,45)/t25-,28-,32-/m0/s1. The number of carbonyl (C=O) groups is 3. The zero-order valence-electron chi connectivity index (χ0n) is 30.0. The number of tetrazole rings is 1. The Hall–Kier alpha value is -5.21. The summed E-state index contributed by atoms with van der Waals surface area (Å²) in [5.74, 6) is 0.363. The molecule has 14 nitrogen and oxygen atoms in total. The fraction of sp³-hybridized carbons (Fsp3) is 0.447. The van der Waals surface area contributed by atoms with Crippen molar-refractivity contribution in [3.8, 4) is 22.5 Å². The van der Waals surface area contributed by atoms with Crippen molar-refractivity contribution >= 4 is 29.4 Å². The Morgan fingerprint density at radius 1 is 1.00 bits per heavy atom. The molecule has 3 amide bonds. The number of H-pyrrole nitrogens is 1. The molecule has 274 valence electrons. The molecule has 2 aromatic heterocycles. The van der Waals surface area contributed by atoms with Crippen LogP contribution in [0.4, 0.5) is 16.3 Å². The van der Waals surface area contributed by atoms with Gasteiger partial charge in [0.1, 0.15) is 11.4 Å². The largest absolute Gasteiger partial charge is 0.444 e. The van der Waals surface area contributed by atoms with Crippen LogP contribution in [-0.4, -0.2) is 88.0 Å². The lowest BCUT2D eigenvalue weighted by Crippen LogP contribution is -2.50. The van der Waals surface area contributed by atoms with Crippen molar-refractivity contribution < 1.29 is 23.9 Å². The van der Waals surface area contributed by atoms with E-state index in [0.717, 1.165) is 48.4 Å². The number of nitrogens with two attached hydrogens (primary N) is 1. The summed E-state index contributed by atoms with van der Waals surface area (Å²) in [7, 11) is 0. The molecule has 2 aromatic carbocycles. The van der Waals surface area contributed by atoms with Gasteiger partial charge in [-0.15, -0.1) is 10.2 Å². The molecule has 0 spiro atoms. The first-order valence-corrected chi connectivity index (χ1v) is 17.9. The number of hydrogen-bond donors (Lipinski definition) is 3. The number of ether oxygens (including phenoxy) is 2. The molecule has 1 saturated heterocycles. The average Bonchev–Trinajstić information content (AvgIpc) is 3.70. The molecule has 6 rings (SSSR count). The van der Waals surface area contributed by atoms with Gasteiger partial charge < -0.3 is 25.4 Å². The van der Waals surface area contributed by atoms with Crippen LogP contribution in [0, 0.1) is 11.8 Å². The summed E-state index contributed by atoms with van der Waals surface area (Å²) >= 11 is 0. The van der Waals surface area contributed by atoms with E-state index in [-0.39, 0.29) is 24.2 Å². The number of anilines is 2. The lowest BCUT2D eigenvalue weighted by atomic mass is 9.81. The van der Waals surface area contributed by atoms with Crippen molar-refractivity contribution in [1.29, 1.82) is 0 Å². The maximum Gasteiger partial charge on any atom is 0.407 e. The van der Waals surface area contributed by atoms with Crippen molar-refractivity contribution in [3.63, 3.8) is 0 Å². The Morgan fingerprint density at radius 2 is 1.73 bits per heavy atom. The predicted octanol–water partition coefficient (Wildman–Crippen LogP) is 4.53. The number of imide groups is 1. The lowest BCUT2D eigenvalue weighted by Gasteiger charge is -2.32. The smallest absolute Gasteiger partial charge is 0.407 e. The summed E-state index contributed by atoms with van der Waals surface area (Å²) in [6.07, 6.45) is 4.21. The van der Waals surface area contributed by atoms with Crippen molar-refractivity contribution in [3.05, 3.63) is 72.4 Å². The minimum absolute atomic E-state index is 0.204. The molecule has 0 unspecified atom stereocenters. The minimum Gasteiger partial charge on any atom is -0.444 e. The van der Waals surface area contributed by atoms with Crippen LogP contribution in [0.3, 0.4) is 0 Å². The number of benzene rings is 2. The highest BCUT2D eigenvalue weighted by molar-refractivity contribution is 6.17. The van der Waals surface area contributed by atoms with Crippen LogP contribution in [0.15, 0.2) is 66.9 Å². The number of aromatic amines is 1. The summed E-state index contributed by atoms with van der Waals surface area (Å²) in [5.41, 5.74) is 10.0. The second kappa shape index (κ2) is 16.4. The lowest BCUT2D eigenvalue weighted by molar-refractivity contribution is -0.130. The molecule has 4 N–H and O–H groups in total. The van der Waals surface area contributed by atoms with Gasteiger partial charge in [-0.2, -0.15) is 5.21 Å². The highest BCUT2D eigenvalue weighted by atomic mass is 16.6. The van der Waals surface area contributed by atoms with E-state index in [1.165, 1.54) is 4.90 Å². The van der Waals surface area contributed by atoms with Gasteiger partial charge in [-0.3, -0.25) is 9.59 Å². The summed E-state index contributed by atoms with van der Waals surface area (Å²) in [4.78, 5) is 48.7. The van der Waals surface area contributed by atoms with Crippen LogP contribution in [0.5, 0.6) is 0 Å². The van der Waals surface area contributed by atoms with Gasteiger partial charge in [0.25, 0.3) is 5.91 Å². The van der Waals surface area contributed by atoms with Gasteiger partial charge in [-0.05, 0) is 117 Å². The molecular formula is C38H47N9O5. The Kier molecular flexibility index (Phi) is 11.6. The second-order valence-corrected chi connectivity index (χ2v) is 14.4. The number of hydrogen-bond acceptors (Lipinski definition) is 11. The van der Waals surface area contributed by atoms with E-state index in [4.69, 9.17) is 15.2 Å². The number of nitrogens with one attached hydrogen (secondary N) is 2. The Balaban J connectivity index is 1.16. The maximum absolute atomic E-state index is 14.2. The maximum atomic E-state index is 14.2. The number of nitrogens with zero attached hydrogens (tertiary/aromatic N) is 6. The predicted molar refractivity (Wildman–Crippen MR) is 196 cm³/mol. The van der Waals surface area contributed by atoms with Crippen molar-refractivity contribution in [2.45, 2.75) is 64.5 Å². The number of pyridine rings is 1. The summed E-state index contributed by atoms with van der Waals surface area (Å²) < 4.78 is 10.9. The van der Waals surface area contributed by atoms with Crippen LogP contribution in [0.2, 0.25) is 0 Å². The fourth-order valence-corrected chi connectivity index (χ4v) is 6.69. The molecule has 14 heteroatoms. The van der Waals surface area contributed by atoms with Crippen molar-refractivity contribution in [2.75, 3.05) is 42.6 Å². The monoisotopic (exact) mass is 709 g/mol. The van der Waals surface area contributed by atoms with E-state index in [9.17, 15) is 14.4 Å². The molecule has 1 aliphatic carbocycles. The fourth-order valence-electron chi connectivity index (χ4n) is 6.69. The van der Waals surface area contributed by atoms with Crippen LogP contribution >= 0.6 is 0 Å². The van der Waals surface area contributed by atoms with Crippen LogP contribution in [0.25, 0.3) is 22.5 Å². The van der Waals surface area contributed by atoms with Crippen LogP contribution in [0.1, 0.15) is 52.0 Å². The highest BCUT2D eigenvalue weighted by Gasteiger charge is 2.35. The number of aromatic nitrogens is 5. The number of carbonyl (C=O) groups excluding carboxylic acids is 3. The molecule has 1 aliphatic heterocycles. The number of morpholine rings is 1. The van der Waals surface area contributed by atoms with Gasteiger partial charge >= 0.3 is 6.09 Å². The highest BCUT2D eigenvalue weighted by Crippen LogP contribution is 2.32. The molecule has 1 atom stereocenters. The topological polar surface area (TPSA) is 182 Å². The third kappa shape index (κ3) is 9.36. The first-order valence-electron chi connectivity index (χ1n) is 17.9. The Bertz CT molecular complexity index is 1810. The molecule has 1 saturated carbocycles. The molecule has 0 radical (unpaired) electrons. The third-order valence-corrected chi connectivity index (χ3v) is 9.41. The molecule has 4 aromatic rings. The van der Waals surface area contributed by atoms with Gasteiger partial charge in [-0.25, -0.2) is 14.7 Å². The van der Waals surface area contributed by atoms with Crippen LogP contribution < -0.4 is 20.9 Å². The normalized spacial score (nSPS) is 18.3. The first kappa shape index (κ1) is 36.6. The molecule has 2 aliphatic rings. The second-order valence-electron chi connectivity index (χ2n) is 14.4. The van der Waals surface area contributed by atoms with E-state index in [0.29, 0.717) is 49.7 Å². The quantitative estimate of drug-likeness (QED) is 0.211. The van der Waals surface area contributed by atoms with Crippen molar-refractivity contribution in [2.24, 2.45) is 17.6 Å². The summed E-state index contributed by atoms with van der Waals surface area (Å²) in [5, 5.41) is 17.0. The third-order valence-electron chi connectivity index (χ3n) is 9.41. The zero-order valence-corrected chi connectivity index (χ0v) is 30.0. The minimum atomic E-state index is -0.980. The van der Waals surface area contributed by atoms with Gasteiger partial charge in [0.15, 0.2) is 0 Å². The molecular weight excluding hydrogens is 662 g/mol. The average molecular weight is 710 g/mol. The molecule has 3 heterocycles. The van der Waals surface area contributed by atoms with E-state index in [2.05, 4.69) is 41.9 Å². The molecule has 0 bridgehead atoms.